The van der Waals surface area contributed by atoms with Gasteiger partial charge in [-0.2, -0.15) is 0 Å². The van der Waals surface area contributed by atoms with Gasteiger partial charge in [0.25, 0.3) is 0 Å². The summed E-state index contributed by atoms with van der Waals surface area (Å²) in [5, 5.41) is 0. The van der Waals surface area contributed by atoms with E-state index in [1.165, 1.54) is 12.2 Å². The Kier molecular flexibility index (Phi) is 4.87. The number of rotatable bonds is 6. The summed E-state index contributed by atoms with van der Waals surface area (Å²) < 4.78 is 11.2. The number of carbonyl (C=O) groups is 2. The summed E-state index contributed by atoms with van der Waals surface area (Å²) in [6.07, 6.45) is 2.41. The lowest BCUT2D eigenvalue weighted by atomic mass is 10.1. The van der Waals surface area contributed by atoms with E-state index in [1.54, 1.807) is 0 Å². The molecule has 0 aliphatic heterocycles. The van der Waals surface area contributed by atoms with Crippen LogP contribution in [0.5, 0.6) is 0 Å². The lowest BCUT2D eigenvalue weighted by Crippen LogP contribution is -2.19. The summed E-state index contributed by atoms with van der Waals surface area (Å²) in [4.78, 5) is 24.2. The lowest BCUT2D eigenvalue weighted by Gasteiger charge is -2.16. The minimum atomic E-state index is -0.367. The van der Waals surface area contributed by atoms with Crippen molar-refractivity contribution in [3.63, 3.8) is 0 Å². The van der Waals surface area contributed by atoms with Gasteiger partial charge in [-0.25, -0.2) is 0 Å². The fourth-order valence-electron chi connectivity index (χ4n) is 2.26. The maximum atomic E-state index is 12.1. The molecule has 0 spiro atoms. The zero-order valence-electron chi connectivity index (χ0n) is 13.0. The van der Waals surface area contributed by atoms with Crippen LogP contribution in [0, 0.1) is 0 Å². The summed E-state index contributed by atoms with van der Waals surface area (Å²) in [6.45, 7) is 0.391. The van der Waals surface area contributed by atoms with Gasteiger partial charge in [0.15, 0.2) is 0 Å². The van der Waals surface area contributed by atoms with E-state index in [0.717, 1.165) is 11.1 Å². The fourth-order valence-corrected chi connectivity index (χ4v) is 2.26. The van der Waals surface area contributed by atoms with E-state index >= 15 is 0 Å². The maximum Gasteiger partial charge on any atom is 0.224 e. The van der Waals surface area contributed by atoms with Crippen LogP contribution < -0.4 is 0 Å². The van der Waals surface area contributed by atoms with Crippen LogP contribution in [-0.4, -0.2) is 11.6 Å². The summed E-state index contributed by atoms with van der Waals surface area (Å²) in [5.74, 6) is -0.813. The van der Waals surface area contributed by atoms with Gasteiger partial charge >= 0.3 is 0 Å². The highest BCUT2D eigenvalue weighted by Gasteiger charge is 2.26. The maximum absolute atomic E-state index is 12.1. The van der Waals surface area contributed by atoms with Crippen LogP contribution in [0.4, 0.5) is 0 Å². The number of ether oxygens (including phenoxy) is 2. The molecule has 0 fully saturated rings. The highest BCUT2D eigenvalue weighted by atomic mass is 16.5. The molecule has 0 radical (unpaired) electrons. The molecule has 0 saturated heterocycles. The van der Waals surface area contributed by atoms with Crippen molar-refractivity contribution >= 4 is 11.6 Å². The zero-order chi connectivity index (χ0) is 16.8. The molecule has 1 aliphatic carbocycles. The van der Waals surface area contributed by atoms with Crippen molar-refractivity contribution in [2.45, 2.75) is 13.2 Å². The third kappa shape index (κ3) is 3.79. The van der Waals surface area contributed by atoms with E-state index < -0.39 is 0 Å². The smallest absolute Gasteiger partial charge is 0.224 e. The molecule has 0 atom stereocenters. The van der Waals surface area contributed by atoms with E-state index in [1.807, 2.05) is 60.7 Å². The van der Waals surface area contributed by atoms with Gasteiger partial charge in [0, 0.05) is 0 Å². The monoisotopic (exact) mass is 320 g/mol. The number of hydrogen-bond donors (Lipinski definition) is 0. The molecule has 0 N–H and O–H groups in total. The predicted octanol–water partition coefficient (Wildman–Crippen LogP) is 3.34. The third-order valence-electron chi connectivity index (χ3n) is 3.49. The molecule has 0 aromatic heterocycles. The molecule has 2 aromatic carbocycles. The normalized spacial score (nSPS) is 14.0. The van der Waals surface area contributed by atoms with Crippen LogP contribution in [0.3, 0.4) is 0 Å². The van der Waals surface area contributed by atoms with Crippen molar-refractivity contribution in [2.75, 3.05) is 0 Å². The van der Waals surface area contributed by atoms with Gasteiger partial charge in [-0.05, 0) is 23.3 Å². The second-order valence-corrected chi connectivity index (χ2v) is 5.27. The average molecular weight is 320 g/mol. The molecule has 3 rings (SSSR count). The van der Waals surface area contributed by atoms with Crippen LogP contribution in [0.2, 0.25) is 0 Å². The second kappa shape index (κ2) is 7.42. The van der Waals surface area contributed by atoms with Gasteiger partial charge in [-0.15, -0.1) is 0 Å². The van der Waals surface area contributed by atoms with Crippen molar-refractivity contribution < 1.29 is 19.1 Å². The lowest BCUT2D eigenvalue weighted by molar-refractivity contribution is -0.120. The summed E-state index contributed by atoms with van der Waals surface area (Å²) in [5.41, 5.74) is 1.81. The standard InChI is InChI=1S/C20H16O4/c21-17-11-12-18(22)20(24-14-16-9-5-2-6-10-16)19(17)23-13-15-7-3-1-4-8-15/h1-12H,13-14H2. The first-order valence-corrected chi connectivity index (χ1v) is 7.58. The van der Waals surface area contributed by atoms with Crippen molar-refractivity contribution in [2.24, 2.45) is 0 Å². The van der Waals surface area contributed by atoms with Crippen LogP contribution in [0.25, 0.3) is 0 Å². The van der Waals surface area contributed by atoms with E-state index in [2.05, 4.69) is 0 Å². The van der Waals surface area contributed by atoms with Crippen LogP contribution in [0.1, 0.15) is 11.1 Å². The molecular weight excluding hydrogens is 304 g/mol. The number of ketones is 2. The molecule has 0 bridgehead atoms. The van der Waals surface area contributed by atoms with Gasteiger partial charge in [0.1, 0.15) is 13.2 Å². The van der Waals surface area contributed by atoms with Crippen molar-refractivity contribution in [3.05, 3.63) is 95.5 Å². The summed E-state index contributed by atoms with van der Waals surface area (Å²) in [7, 11) is 0. The van der Waals surface area contributed by atoms with Gasteiger partial charge in [0.2, 0.25) is 23.1 Å². The second-order valence-electron chi connectivity index (χ2n) is 5.27. The minimum Gasteiger partial charge on any atom is -0.481 e. The molecule has 24 heavy (non-hydrogen) atoms. The first-order chi connectivity index (χ1) is 11.7. The number of allylic oxidation sites excluding steroid dienone is 2. The average Bonchev–Trinajstić information content (AvgIpc) is 2.63. The molecule has 4 heteroatoms. The van der Waals surface area contributed by atoms with E-state index in [9.17, 15) is 9.59 Å². The van der Waals surface area contributed by atoms with E-state index in [0.29, 0.717) is 0 Å². The third-order valence-corrected chi connectivity index (χ3v) is 3.49. The Labute approximate surface area is 140 Å². The zero-order valence-corrected chi connectivity index (χ0v) is 13.0. The first kappa shape index (κ1) is 15.7. The Morgan fingerprint density at radius 2 is 0.958 bits per heavy atom. The van der Waals surface area contributed by atoms with Crippen LogP contribution >= 0.6 is 0 Å². The molecule has 2 aromatic rings. The topological polar surface area (TPSA) is 52.6 Å². The SMILES string of the molecule is O=C1C=CC(=O)C(OCc2ccccc2)=C1OCc1ccccc1. The number of hydrogen-bond acceptors (Lipinski definition) is 4. The van der Waals surface area contributed by atoms with Gasteiger partial charge in [-0.1, -0.05) is 60.7 Å². The molecule has 120 valence electrons. The molecule has 0 unspecified atom stereocenters. The fraction of sp³-hybridized carbons (Fsp3) is 0.100. The molecule has 0 amide bonds. The van der Waals surface area contributed by atoms with Crippen molar-refractivity contribution in [3.8, 4) is 0 Å². The van der Waals surface area contributed by atoms with Gasteiger partial charge in [-0.3, -0.25) is 9.59 Å². The Morgan fingerprint density at radius 3 is 1.33 bits per heavy atom. The van der Waals surface area contributed by atoms with Crippen LogP contribution in [0.15, 0.2) is 84.3 Å². The van der Waals surface area contributed by atoms with E-state index in [4.69, 9.17) is 9.47 Å². The Bertz CT molecular complexity index is 721. The summed E-state index contributed by atoms with van der Waals surface area (Å²) >= 11 is 0. The Morgan fingerprint density at radius 1 is 0.583 bits per heavy atom. The Hall–Kier alpha value is -3.14. The number of carbonyl (C=O) groups excluding carboxylic acids is 2. The van der Waals surface area contributed by atoms with E-state index in [-0.39, 0.29) is 36.3 Å². The largest absolute Gasteiger partial charge is 0.481 e. The predicted molar refractivity (Wildman–Crippen MR) is 88.6 cm³/mol. The number of benzene rings is 2. The molecular formula is C20H16O4. The highest BCUT2D eigenvalue weighted by Crippen LogP contribution is 2.20. The van der Waals surface area contributed by atoms with Crippen molar-refractivity contribution in [1.29, 1.82) is 0 Å². The summed E-state index contributed by atoms with van der Waals surface area (Å²) in [6, 6.07) is 18.9. The molecule has 4 nitrogen and oxygen atoms in total. The molecule has 0 saturated carbocycles. The van der Waals surface area contributed by atoms with Crippen LogP contribution in [-0.2, 0) is 32.3 Å². The molecule has 0 heterocycles. The first-order valence-electron chi connectivity index (χ1n) is 7.58. The highest BCUT2D eigenvalue weighted by molar-refractivity contribution is 6.18. The van der Waals surface area contributed by atoms with Gasteiger partial charge in [0.05, 0.1) is 0 Å². The Balaban J connectivity index is 1.76. The van der Waals surface area contributed by atoms with Crippen molar-refractivity contribution in [1.82, 2.24) is 0 Å². The minimum absolute atomic E-state index is 0.0396. The quantitative estimate of drug-likeness (QED) is 0.766. The van der Waals surface area contributed by atoms with Gasteiger partial charge < -0.3 is 9.47 Å². The molecule has 1 aliphatic rings.